The quantitative estimate of drug-likeness (QED) is 0.607. The number of thioether (sulfide) groups is 2. The number of rotatable bonds is 2. The van der Waals surface area contributed by atoms with Crippen LogP contribution in [0.4, 0.5) is 4.39 Å². The fourth-order valence-electron chi connectivity index (χ4n) is 5.13. The molecule has 142 valence electrons. The lowest BCUT2D eigenvalue weighted by molar-refractivity contribution is 0.394. The van der Waals surface area contributed by atoms with E-state index in [4.69, 9.17) is 0 Å². The first kappa shape index (κ1) is 17.9. The lowest BCUT2D eigenvalue weighted by Crippen LogP contribution is -2.38. The van der Waals surface area contributed by atoms with Crippen LogP contribution in [0, 0.1) is 11.2 Å². The molecule has 0 N–H and O–H groups in total. The number of benzene rings is 1. The zero-order chi connectivity index (χ0) is 18.8. The van der Waals surface area contributed by atoms with E-state index in [0.29, 0.717) is 4.08 Å². The van der Waals surface area contributed by atoms with Crippen molar-refractivity contribution in [2.24, 2.45) is 5.41 Å². The van der Waals surface area contributed by atoms with Gasteiger partial charge in [-0.05, 0) is 61.6 Å². The zero-order valence-electron chi connectivity index (χ0n) is 16.0. The van der Waals surface area contributed by atoms with E-state index in [1.165, 1.54) is 42.7 Å². The third-order valence-electron chi connectivity index (χ3n) is 6.73. The lowest BCUT2D eigenvalue weighted by Gasteiger charge is -2.42. The van der Waals surface area contributed by atoms with Crippen molar-refractivity contribution in [3.8, 4) is 5.69 Å². The van der Waals surface area contributed by atoms with Crippen LogP contribution in [0.2, 0.25) is 0 Å². The van der Waals surface area contributed by atoms with Crippen LogP contribution in [0.25, 0.3) is 11.8 Å². The summed E-state index contributed by atoms with van der Waals surface area (Å²) in [7, 11) is 0. The molecule has 0 radical (unpaired) electrons. The molecule has 1 aliphatic heterocycles. The molecule has 2 nitrogen and oxygen atoms in total. The fraction of sp³-hybridized carbons (Fsp3) is 0.500. The number of hydrogen-bond acceptors (Lipinski definition) is 3. The number of fused-ring (bicyclic) bond motifs is 3. The van der Waals surface area contributed by atoms with E-state index in [-0.39, 0.29) is 11.2 Å². The minimum atomic E-state index is -0.210. The first-order valence-corrected chi connectivity index (χ1v) is 11.6. The molecule has 1 saturated heterocycles. The van der Waals surface area contributed by atoms with E-state index in [2.05, 4.69) is 55.5 Å². The molecule has 2 aromatic rings. The maximum atomic E-state index is 13.3. The molecule has 5 rings (SSSR count). The van der Waals surface area contributed by atoms with Crippen LogP contribution in [-0.4, -0.2) is 24.4 Å². The Morgan fingerprint density at radius 3 is 2.74 bits per heavy atom. The molecule has 0 bridgehead atoms. The summed E-state index contributed by atoms with van der Waals surface area (Å²) in [5.41, 5.74) is 5.20. The molecule has 1 saturated carbocycles. The minimum Gasteiger partial charge on any atom is -0.233 e. The average Bonchev–Trinajstić information content (AvgIpc) is 3.29. The van der Waals surface area contributed by atoms with Gasteiger partial charge < -0.3 is 0 Å². The summed E-state index contributed by atoms with van der Waals surface area (Å²) in [4.78, 5) is 0. The molecule has 1 aromatic carbocycles. The SMILES string of the molecule is CCC1SC2(CCC3=Cc4c(cnn4-c4ccc(F)cc4)CC32C)SC1C. The number of hydrogen-bond donors (Lipinski definition) is 0. The monoisotopic (exact) mass is 400 g/mol. The summed E-state index contributed by atoms with van der Waals surface area (Å²) in [5.74, 6) is -0.210. The first-order chi connectivity index (χ1) is 13.0. The molecule has 1 spiro atoms. The Kier molecular flexibility index (Phi) is 4.07. The zero-order valence-corrected chi connectivity index (χ0v) is 17.7. The predicted octanol–water partition coefficient (Wildman–Crippen LogP) is 6.09. The summed E-state index contributed by atoms with van der Waals surface area (Å²) >= 11 is 4.47. The van der Waals surface area contributed by atoms with E-state index < -0.39 is 0 Å². The molecule has 4 atom stereocenters. The molecule has 0 amide bonds. The molecule has 2 heterocycles. The molecule has 3 aliphatic rings. The Morgan fingerprint density at radius 2 is 2.04 bits per heavy atom. The smallest absolute Gasteiger partial charge is 0.123 e. The van der Waals surface area contributed by atoms with Crippen molar-refractivity contribution in [3.63, 3.8) is 0 Å². The molecular formula is C22H25FN2S2. The largest absolute Gasteiger partial charge is 0.233 e. The standard InChI is InChI=1S/C22H25FN2S2/c1-4-20-14(2)26-22(27-20)10-9-16-11-19-15(12-21(16,22)3)13-24-25(19)18-7-5-17(23)6-8-18/h5-8,11,13-14,20H,4,9-10,12H2,1-3H3. The van der Waals surface area contributed by atoms with Crippen LogP contribution in [0.3, 0.4) is 0 Å². The summed E-state index contributed by atoms with van der Waals surface area (Å²) in [6.07, 6.45) is 9.15. The molecule has 1 aromatic heterocycles. The van der Waals surface area contributed by atoms with Crippen LogP contribution in [0.1, 0.15) is 51.3 Å². The minimum absolute atomic E-state index is 0.199. The third-order valence-corrected chi connectivity index (χ3v) is 11.3. The third kappa shape index (κ3) is 2.50. The number of aromatic nitrogens is 2. The highest BCUT2D eigenvalue weighted by atomic mass is 32.2. The highest BCUT2D eigenvalue weighted by molar-refractivity contribution is 8.22. The van der Waals surface area contributed by atoms with Gasteiger partial charge >= 0.3 is 0 Å². The van der Waals surface area contributed by atoms with Crippen molar-refractivity contribution in [2.45, 2.75) is 61.0 Å². The van der Waals surface area contributed by atoms with Gasteiger partial charge in [0, 0.05) is 15.9 Å². The average molecular weight is 401 g/mol. The van der Waals surface area contributed by atoms with Crippen molar-refractivity contribution in [1.82, 2.24) is 9.78 Å². The summed E-state index contributed by atoms with van der Waals surface area (Å²) < 4.78 is 15.6. The van der Waals surface area contributed by atoms with Crippen molar-refractivity contribution >= 4 is 29.6 Å². The van der Waals surface area contributed by atoms with E-state index in [9.17, 15) is 4.39 Å². The predicted molar refractivity (Wildman–Crippen MR) is 114 cm³/mol. The second-order valence-corrected chi connectivity index (χ2v) is 11.7. The van der Waals surface area contributed by atoms with Crippen LogP contribution in [0.15, 0.2) is 36.0 Å². The Balaban J connectivity index is 1.54. The first-order valence-electron chi connectivity index (χ1n) is 9.85. The second-order valence-electron chi connectivity index (χ2n) is 8.26. The van der Waals surface area contributed by atoms with Crippen LogP contribution in [0.5, 0.6) is 0 Å². The van der Waals surface area contributed by atoms with Gasteiger partial charge in [0.1, 0.15) is 5.82 Å². The normalized spacial score (nSPS) is 34.6. The molecule has 2 fully saturated rings. The number of halogens is 1. The summed E-state index contributed by atoms with van der Waals surface area (Å²) in [6, 6.07) is 6.63. The molecule has 2 aliphatic carbocycles. The van der Waals surface area contributed by atoms with Crippen LogP contribution >= 0.6 is 23.5 Å². The van der Waals surface area contributed by atoms with E-state index >= 15 is 0 Å². The van der Waals surface area contributed by atoms with E-state index in [1.807, 2.05) is 10.9 Å². The van der Waals surface area contributed by atoms with E-state index in [1.54, 1.807) is 17.7 Å². The molecular weight excluding hydrogens is 375 g/mol. The Labute approximate surface area is 169 Å². The Morgan fingerprint density at radius 1 is 1.26 bits per heavy atom. The van der Waals surface area contributed by atoms with Gasteiger partial charge in [0.15, 0.2) is 0 Å². The van der Waals surface area contributed by atoms with Crippen molar-refractivity contribution in [2.75, 3.05) is 0 Å². The maximum Gasteiger partial charge on any atom is 0.123 e. The summed E-state index contributed by atoms with van der Waals surface area (Å²) in [5, 5.41) is 6.13. The van der Waals surface area contributed by atoms with Gasteiger partial charge in [-0.25, -0.2) is 9.07 Å². The molecule has 5 heteroatoms. The fourth-order valence-corrected chi connectivity index (χ4v) is 9.67. The summed E-state index contributed by atoms with van der Waals surface area (Å²) in [6.45, 7) is 7.22. The number of nitrogens with zero attached hydrogens (tertiary/aromatic N) is 2. The van der Waals surface area contributed by atoms with Crippen molar-refractivity contribution < 1.29 is 4.39 Å². The maximum absolute atomic E-state index is 13.3. The van der Waals surface area contributed by atoms with Gasteiger partial charge in [0.25, 0.3) is 0 Å². The van der Waals surface area contributed by atoms with E-state index in [0.717, 1.165) is 22.6 Å². The van der Waals surface area contributed by atoms with Gasteiger partial charge in [-0.15, -0.1) is 23.5 Å². The van der Waals surface area contributed by atoms with Crippen LogP contribution in [-0.2, 0) is 6.42 Å². The van der Waals surface area contributed by atoms with Gasteiger partial charge in [-0.2, -0.15) is 5.10 Å². The highest BCUT2D eigenvalue weighted by Crippen LogP contribution is 2.71. The number of allylic oxidation sites excluding steroid dienone is 1. The van der Waals surface area contributed by atoms with Gasteiger partial charge in [0.05, 0.1) is 21.7 Å². The Hall–Kier alpha value is -1.20. The second kappa shape index (κ2) is 6.15. The van der Waals surface area contributed by atoms with Gasteiger partial charge in [0.2, 0.25) is 0 Å². The lowest BCUT2D eigenvalue weighted by atomic mass is 9.74. The van der Waals surface area contributed by atoms with Crippen molar-refractivity contribution in [3.05, 3.63) is 53.1 Å². The van der Waals surface area contributed by atoms with Gasteiger partial charge in [-0.1, -0.05) is 26.3 Å². The van der Waals surface area contributed by atoms with Gasteiger partial charge in [-0.3, -0.25) is 0 Å². The topological polar surface area (TPSA) is 17.8 Å². The van der Waals surface area contributed by atoms with Crippen LogP contribution < -0.4 is 0 Å². The molecule has 4 unspecified atom stereocenters. The molecule has 27 heavy (non-hydrogen) atoms. The Bertz CT molecular complexity index is 919. The van der Waals surface area contributed by atoms with Crippen molar-refractivity contribution in [1.29, 1.82) is 0 Å². The highest BCUT2D eigenvalue weighted by Gasteiger charge is 2.61.